The fourth-order valence-electron chi connectivity index (χ4n) is 2.15. The molecule has 0 aliphatic carbocycles. The van der Waals surface area contributed by atoms with E-state index in [0.29, 0.717) is 4.88 Å². The van der Waals surface area contributed by atoms with Gasteiger partial charge in [-0.2, -0.15) is 13.2 Å². The SMILES string of the molecule is O=C(Cn1c(-c2cccs2)noc1=O)Nc1ccc(Cl)c(C(F)(F)F)c1. The molecule has 0 bridgehead atoms. The van der Waals surface area contributed by atoms with Gasteiger partial charge in [0.2, 0.25) is 5.91 Å². The molecule has 6 nitrogen and oxygen atoms in total. The standard InChI is InChI=1S/C15H9ClF3N3O3S/c16-10-4-3-8(6-9(10)15(17,18)19)20-12(23)7-22-13(21-25-14(22)24)11-2-1-5-26-11/h1-6H,7H2,(H,20,23). The number of nitrogens with one attached hydrogen (secondary N) is 1. The number of halogens is 4. The van der Waals surface area contributed by atoms with E-state index in [-0.39, 0.29) is 11.5 Å². The molecule has 0 saturated carbocycles. The van der Waals surface area contributed by atoms with Crippen LogP contribution in [0.25, 0.3) is 10.7 Å². The highest BCUT2D eigenvalue weighted by Crippen LogP contribution is 2.36. The normalized spacial score (nSPS) is 11.5. The van der Waals surface area contributed by atoms with Crippen molar-refractivity contribution in [3.8, 4) is 10.7 Å². The van der Waals surface area contributed by atoms with E-state index in [9.17, 15) is 22.8 Å². The van der Waals surface area contributed by atoms with E-state index in [1.807, 2.05) is 0 Å². The number of anilines is 1. The lowest BCUT2D eigenvalue weighted by Gasteiger charge is -2.12. The Kier molecular flexibility index (Phi) is 4.88. The van der Waals surface area contributed by atoms with Crippen LogP contribution in [0, 0.1) is 0 Å². The number of hydrogen-bond donors (Lipinski definition) is 1. The Balaban J connectivity index is 1.81. The van der Waals surface area contributed by atoms with Crippen LogP contribution < -0.4 is 11.1 Å². The van der Waals surface area contributed by atoms with Crippen molar-refractivity contribution in [2.45, 2.75) is 12.7 Å². The first-order chi connectivity index (χ1) is 12.3. The number of hydrogen-bond acceptors (Lipinski definition) is 5. The van der Waals surface area contributed by atoms with Gasteiger partial charge in [-0.1, -0.05) is 22.8 Å². The van der Waals surface area contributed by atoms with Gasteiger partial charge in [-0.15, -0.1) is 11.3 Å². The van der Waals surface area contributed by atoms with Gasteiger partial charge >= 0.3 is 11.9 Å². The third kappa shape index (κ3) is 3.81. The highest BCUT2D eigenvalue weighted by atomic mass is 35.5. The van der Waals surface area contributed by atoms with Gasteiger partial charge in [-0.05, 0) is 29.6 Å². The van der Waals surface area contributed by atoms with Crippen LogP contribution in [0.3, 0.4) is 0 Å². The maximum absolute atomic E-state index is 12.9. The summed E-state index contributed by atoms with van der Waals surface area (Å²) in [6.07, 6.45) is -4.66. The molecule has 2 aromatic heterocycles. The molecule has 26 heavy (non-hydrogen) atoms. The summed E-state index contributed by atoms with van der Waals surface area (Å²) in [7, 11) is 0. The van der Waals surface area contributed by atoms with Crippen LogP contribution in [-0.4, -0.2) is 15.6 Å². The van der Waals surface area contributed by atoms with Crippen molar-refractivity contribution in [1.82, 2.24) is 9.72 Å². The van der Waals surface area contributed by atoms with Crippen LogP contribution in [0.4, 0.5) is 18.9 Å². The molecule has 1 aromatic carbocycles. The average Bonchev–Trinajstić information content (AvgIpc) is 3.19. The van der Waals surface area contributed by atoms with Gasteiger partial charge in [0.15, 0.2) is 5.82 Å². The summed E-state index contributed by atoms with van der Waals surface area (Å²) in [6.45, 7) is -0.473. The van der Waals surface area contributed by atoms with E-state index in [0.717, 1.165) is 16.7 Å². The van der Waals surface area contributed by atoms with Crippen LogP contribution in [0.2, 0.25) is 5.02 Å². The molecule has 0 saturated heterocycles. The van der Waals surface area contributed by atoms with Crippen molar-refractivity contribution in [3.05, 3.63) is 56.8 Å². The van der Waals surface area contributed by atoms with Gasteiger partial charge in [-0.25, -0.2) is 9.36 Å². The summed E-state index contributed by atoms with van der Waals surface area (Å²) >= 11 is 6.82. The van der Waals surface area contributed by atoms with Crippen molar-refractivity contribution in [2.24, 2.45) is 0 Å². The molecule has 136 valence electrons. The van der Waals surface area contributed by atoms with Crippen LogP contribution in [0.1, 0.15) is 5.56 Å². The molecule has 0 radical (unpaired) electrons. The van der Waals surface area contributed by atoms with Crippen LogP contribution >= 0.6 is 22.9 Å². The number of alkyl halides is 3. The van der Waals surface area contributed by atoms with Crippen molar-refractivity contribution >= 4 is 34.5 Å². The Bertz CT molecular complexity index is 996. The fourth-order valence-corrected chi connectivity index (χ4v) is 3.09. The molecule has 1 amide bonds. The van der Waals surface area contributed by atoms with Crippen molar-refractivity contribution in [2.75, 3.05) is 5.32 Å². The molecule has 0 unspecified atom stereocenters. The van der Waals surface area contributed by atoms with Crippen molar-refractivity contribution in [1.29, 1.82) is 0 Å². The van der Waals surface area contributed by atoms with Gasteiger partial charge in [0.05, 0.1) is 15.5 Å². The summed E-state index contributed by atoms with van der Waals surface area (Å²) in [5.74, 6) is -1.41. The molecule has 0 spiro atoms. The van der Waals surface area contributed by atoms with Crippen LogP contribution in [0.5, 0.6) is 0 Å². The van der Waals surface area contributed by atoms with E-state index in [2.05, 4.69) is 15.0 Å². The predicted molar refractivity (Wildman–Crippen MR) is 89.2 cm³/mol. The van der Waals surface area contributed by atoms with Crippen LogP contribution in [-0.2, 0) is 17.5 Å². The lowest BCUT2D eigenvalue weighted by Crippen LogP contribution is -2.25. The summed E-state index contributed by atoms with van der Waals surface area (Å²) in [5.41, 5.74) is -1.17. The molecular weight excluding hydrogens is 395 g/mol. The second-order valence-corrected chi connectivity index (χ2v) is 6.43. The highest BCUT2D eigenvalue weighted by Gasteiger charge is 2.33. The Morgan fingerprint density at radius 1 is 1.35 bits per heavy atom. The molecule has 0 atom stereocenters. The van der Waals surface area contributed by atoms with Gasteiger partial charge in [0.1, 0.15) is 6.54 Å². The lowest BCUT2D eigenvalue weighted by molar-refractivity contribution is -0.137. The first-order valence-electron chi connectivity index (χ1n) is 7.02. The van der Waals surface area contributed by atoms with Crippen molar-refractivity contribution < 1.29 is 22.5 Å². The minimum atomic E-state index is -4.66. The zero-order valence-electron chi connectivity index (χ0n) is 12.7. The Hall–Kier alpha value is -2.59. The first kappa shape index (κ1) is 18.2. The van der Waals surface area contributed by atoms with E-state index < -0.39 is 35.0 Å². The second-order valence-electron chi connectivity index (χ2n) is 5.08. The number of carbonyl (C=O) groups excluding carboxylic acids is 1. The molecule has 0 aliphatic rings. The summed E-state index contributed by atoms with van der Waals surface area (Å²) in [5, 5.41) is 7.19. The Morgan fingerprint density at radius 3 is 2.77 bits per heavy atom. The zero-order chi connectivity index (χ0) is 18.9. The maximum atomic E-state index is 12.9. The monoisotopic (exact) mass is 403 g/mol. The topological polar surface area (TPSA) is 77.1 Å². The van der Waals surface area contributed by atoms with Gasteiger partial charge in [0.25, 0.3) is 0 Å². The molecule has 0 fully saturated rings. The summed E-state index contributed by atoms with van der Waals surface area (Å²) in [6, 6.07) is 6.40. The number of thiophene rings is 1. The molecule has 3 rings (SSSR count). The smallest absolute Gasteiger partial charge is 0.325 e. The molecule has 2 heterocycles. The average molecular weight is 404 g/mol. The van der Waals surface area contributed by atoms with E-state index in [4.69, 9.17) is 11.6 Å². The second kappa shape index (κ2) is 6.96. The third-order valence-corrected chi connectivity index (χ3v) is 4.48. The number of carbonyl (C=O) groups is 1. The predicted octanol–water partition coefficient (Wildman–Crippen LogP) is 3.88. The molecule has 3 aromatic rings. The minimum absolute atomic E-state index is 0.103. The van der Waals surface area contributed by atoms with Gasteiger partial charge in [0, 0.05) is 5.69 Å². The highest BCUT2D eigenvalue weighted by molar-refractivity contribution is 7.13. The fraction of sp³-hybridized carbons (Fsp3) is 0.133. The van der Waals surface area contributed by atoms with Crippen LogP contribution in [0.15, 0.2) is 45.0 Å². The van der Waals surface area contributed by atoms with Crippen molar-refractivity contribution in [3.63, 3.8) is 0 Å². The molecule has 0 aliphatic heterocycles. The number of amides is 1. The molecule has 11 heteroatoms. The number of nitrogens with zero attached hydrogens (tertiary/aromatic N) is 2. The molecule has 1 N–H and O–H groups in total. The van der Waals surface area contributed by atoms with Gasteiger partial charge in [-0.3, -0.25) is 9.32 Å². The first-order valence-corrected chi connectivity index (χ1v) is 8.28. The minimum Gasteiger partial charge on any atom is -0.325 e. The summed E-state index contributed by atoms with van der Waals surface area (Å²) in [4.78, 5) is 24.5. The largest absolute Gasteiger partial charge is 0.442 e. The Morgan fingerprint density at radius 2 is 2.12 bits per heavy atom. The maximum Gasteiger partial charge on any atom is 0.442 e. The quantitative estimate of drug-likeness (QED) is 0.717. The number of rotatable bonds is 4. The van der Waals surface area contributed by atoms with E-state index in [1.54, 1.807) is 17.5 Å². The number of aromatic nitrogens is 2. The summed E-state index contributed by atoms with van der Waals surface area (Å²) < 4.78 is 44.2. The van der Waals surface area contributed by atoms with E-state index >= 15 is 0 Å². The third-order valence-electron chi connectivity index (χ3n) is 3.29. The van der Waals surface area contributed by atoms with E-state index in [1.165, 1.54) is 17.4 Å². The van der Waals surface area contributed by atoms with Gasteiger partial charge < -0.3 is 5.32 Å². The Labute approximate surface area is 152 Å². The zero-order valence-corrected chi connectivity index (χ0v) is 14.3. The number of benzene rings is 1. The molecular formula is C15H9ClF3N3O3S. The lowest BCUT2D eigenvalue weighted by atomic mass is 10.2.